The fraction of sp³-hybridized carbons (Fsp3) is 0.350. The molecule has 0 aliphatic rings. The third-order valence-corrected chi connectivity index (χ3v) is 4.48. The standard InChI is InChI=1S/C20H23BrFNO3/c1-4-9-26-18-8-6-15(12-19(18)25-3)13(2)23-20(24)11-14-5-7-17(22)16(21)10-14/h5-8,10,12-13H,4,9,11H2,1-3H3,(H,23,24). The van der Waals surface area contributed by atoms with Crippen LogP contribution in [0, 0.1) is 5.82 Å². The Bertz CT molecular complexity index is 767. The Balaban J connectivity index is 2.02. The zero-order chi connectivity index (χ0) is 19.1. The van der Waals surface area contributed by atoms with Crippen LogP contribution in [0.4, 0.5) is 4.39 Å². The Hall–Kier alpha value is -2.08. The zero-order valence-electron chi connectivity index (χ0n) is 15.1. The van der Waals surface area contributed by atoms with Crippen LogP contribution in [0.1, 0.15) is 37.4 Å². The topological polar surface area (TPSA) is 47.6 Å². The first-order valence-corrected chi connectivity index (χ1v) is 9.28. The van der Waals surface area contributed by atoms with Crippen molar-refractivity contribution in [2.45, 2.75) is 32.7 Å². The molecular formula is C20H23BrFNO3. The number of rotatable bonds is 8. The first-order valence-electron chi connectivity index (χ1n) is 8.48. The van der Waals surface area contributed by atoms with E-state index in [1.54, 1.807) is 19.2 Å². The number of carbonyl (C=O) groups excluding carboxylic acids is 1. The lowest BCUT2D eigenvalue weighted by Gasteiger charge is -2.17. The smallest absolute Gasteiger partial charge is 0.224 e. The summed E-state index contributed by atoms with van der Waals surface area (Å²) in [5.74, 6) is 0.841. The fourth-order valence-corrected chi connectivity index (χ4v) is 2.92. The van der Waals surface area contributed by atoms with E-state index in [9.17, 15) is 9.18 Å². The average Bonchev–Trinajstić information content (AvgIpc) is 2.62. The van der Waals surface area contributed by atoms with Gasteiger partial charge in [0, 0.05) is 0 Å². The van der Waals surface area contributed by atoms with Gasteiger partial charge in [-0.1, -0.05) is 19.1 Å². The summed E-state index contributed by atoms with van der Waals surface area (Å²) in [7, 11) is 1.59. The number of methoxy groups -OCH3 is 1. The van der Waals surface area contributed by atoms with Crippen molar-refractivity contribution in [3.05, 3.63) is 57.8 Å². The first kappa shape index (κ1) is 20.2. The van der Waals surface area contributed by atoms with Crippen LogP contribution >= 0.6 is 15.9 Å². The third kappa shape index (κ3) is 5.46. The van der Waals surface area contributed by atoms with Crippen LogP contribution in [0.5, 0.6) is 11.5 Å². The van der Waals surface area contributed by atoms with Crippen molar-refractivity contribution in [3.8, 4) is 11.5 Å². The molecule has 0 fully saturated rings. The van der Waals surface area contributed by atoms with Crippen molar-refractivity contribution in [1.29, 1.82) is 0 Å². The summed E-state index contributed by atoms with van der Waals surface area (Å²) in [5, 5.41) is 2.95. The van der Waals surface area contributed by atoms with Gasteiger partial charge in [-0.3, -0.25) is 4.79 Å². The number of hydrogen-bond acceptors (Lipinski definition) is 3. The summed E-state index contributed by atoms with van der Waals surface area (Å²) >= 11 is 3.13. The normalized spacial score (nSPS) is 11.7. The van der Waals surface area contributed by atoms with Gasteiger partial charge >= 0.3 is 0 Å². The lowest BCUT2D eigenvalue weighted by Crippen LogP contribution is -2.28. The molecule has 4 nitrogen and oxygen atoms in total. The zero-order valence-corrected chi connectivity index (χ0v) is 16.7. The molecule has 0 aliphatic carbocycles. The number of ether oxygens (including phenoxy) is 2. The molecule has 26 heavy (non-hydrogen) atoms. The van der Waals surface area contributed by atoms with Crippen LogP contribution < -0.4 is 14.8 Å². The van der Waals surface area contributed by atoms with Crippen LogP contribution in [-0.2, 0) is 11.2 Å². The number of carbonyl (C=O) groups is 1. The molecule has 6 heteroatoms. The van der Waals surface area contributed by atoms with Crippen LogP contribution in [0.15, 0.2) is 40.9 Å². The molecule has 2 aromatic carbocycles. The van der Waals surface area contributed by atoms with E-state index < -0.39 is 0 Å². The predicted octanol–water partition coefficient (Wildman–Crippen LogP) is 4.81. The third-order valence-electron chi connectivity index (χ3n) is 3.88. The fourth-order valence-electron chi connectivity index (χ4n) is 2.50. The van der Waals surface area contributed by atoms with Gasteiger partial charge in [0.2, 0.25) is 5.91 Å². The summed E-state index contributed by atoms with van der Waals surface area (Å²) in [6, 6.07) is 9.99. The van der Waals surface area contributed by atoms with Crippen molar-refractivity contribution in [3.63, 3.8) is 0 Å². The molecule has 2 aromatic rings. The molecule has 0 bridgehead atoms. The van der Waals surface area contributed by atoms with Crippen molar-refractivity contribution >= 4 is 21.8 Å². The maximum Gasteiger partial charge on any atom is 0.224 e. The minimum absolute atomic E-state index is 0.138. The lowest BCUT2D eigenvalue weighted by atomic mass is 10.1. The SMILES string of the molecule is CCCOc1ccc(C(C)NC(=O)Cc2ccc(F)c(Br)c2)cc1OC. The second kappa shape index (κ2) is 9.57. The molecule has 1 unspecified atom stereocenters. The molecule has 140 valence electrons. The van der Waals surface area contributed by atoms with E-state index in [0.29, 0.717) is 22.6 Å². The molecule has 0 aromatic heterocycles. The molecule has 1 amide bonds. The minimum atomic E-state index is -0.347. The van der Waals surface area contributed by atoms with Gasteiger partial charge in [0.15, 0.2) is 11.5 Å². The highest BCUT2D eigenvalue weighted by Crippen LogP contribution is 2.30. The summed E-state index contributed by atoms with van der Waals surface area (Å²) in [6.07, 6.45) is 1.09. The van der Waals surface area contributed by atoms with E-state index in [4.69, 9.17) is 9.47 Å². The van der Waals surface area contributed by atoms with Crippen molar-refractivity contribution in [2.24, 2.45) is 0 Å². The van der Waals surface area contributed by atoms with E-state index in [1.807, 2.05) is 32.0 Å². The van der Waals surface area contributed by atoms with E-state index in [2.05, 4.69) is 21.2 Å². The molecule has 0 spiro atoms. The molecule has 0 saturated carbocycles. The number of amides is 1. The van der Waals surface area contributed by atoms with E-state index in [0.717, 1.165) is 17.5 Å². The van der Waals surface area contributed by atoms with E-state index in [-0.39, 0.29) is 24.2 Å². The van der Waals surface area contributed by atoms with Crippen LogP contribution in [0.25, 0.3) is 0 Å². The summed E-state index contributed by atoms with van der Waals surface area (Å²) in [6.45, 7) is 4.56. The van der Waals surface area contributed by atoms with Crippen LogP contribution in [0.3, 0.4) is 0 Å². The Labute approximate surface area is 161 Å². The Morgan fingerprint density at radius 1 is 1.23 bits per heavy atom. The average molecular weight is 424 g/mol. The van der Waals surface area contributed by atoms with Crippen molar-refractivity contribution in [1.82, 2.24) is 5.32 Å². The molecule has 0 radical (unpaired) electrons. The van der Waals surface area contributed by atoms with Gasteiger partial charge < -0.3 is 14.8 Å². The number of benzene rings is 2. The summed E-state index contributed by atoms with van der Waals surface area (Å²) < 4.78 is 24.7. The quantitative estimate of drug-likeness (QED) is 0.662. The molecule has 2 rings (SSSR count). The highest BCUT2D eigenvalue weighted by molar-refractivity contribution is 9.10. The molecule has 1 atom stereocenters. The number of hydrogen-bond donors (Lipinski definition) is 1. The molecule has 0 heterocycles. The van der Waals surface area contributed by atoms with Gasteiger partial charge in [0.1, 0.15) is 5.82 Å². The lowest BCUT2D eigenvalue weighted by molar-refractivity contribution is -0.121. The Morgan fingerprint density at radius 2 is 2.00 bits per heavy atom. The van der Waals surface area contributed by atoms with Gasteiger partial charge in [-0.15, -0.1) is 0 Å². The number of nitrogens with one attached hydrogen (secondary N) is 1. The van der Waals surface area contributed by atoms with E-state index >= 15 is 0 Å². The van der Waals surface area contributed by atoms with Crippen molar-refractivity contribution in [2.75, 3.05) is 13.7 Å². The maximum absolute atomic E-state index is 13.3. The Morgan fingerprint density at radius 3 is 2.65 bits per heavy atom. The van der Waals surface area contributed by atoms with Gasteiger partial charge in [-0.2, -0.15) is 0 Å². The maximum atomic E-state index is 13.3. The largest absolute Gasteiger partial charge is 0.493 e. The first-order chi connectivity index (χ1) is 12.4. The highest BCUT2D eigenvalue weighted by Gasteiger charge is 2.14. The number of halogens is 2. The molecule has 0 saturated heterocycles. The summed E-state index contributed by atoms with van der Waals surface area (Å²) in [4.78, 5) is 12.3. The van der Waals surface area contributed by atoms with Gasteiger partial charge in [-0.25, -0.2) is 4.39 Å². The Kier molecular flexibility index (Phi) is 7.45. The summed E-state index contributed by atoms with van der Waals surface area (Å²) in [5.41, 5.74) is 1.66. The van der Waals surface area contributed by atoms with Crippen LogP contribution in [-0.4, -0.2) is 19.6 Å². The van der Waals surface area contributed by atoms with Crippen molar-refractivity contribution < 1.29 is 18.7 Å². The van der Waals surface area contributed by atoms with E-state index in [1.165, 1.54) is 6.07 Å². The van der Waals surface area contributed by atoms with Gasteiger partial charge in [0.05, 0.1) is 30.7 Å². The predicted molar refractivity (Wildman–Crippen MR) is 103 cm³/mol. The monoisotopic (exact) mass is 423 g/mol. The second-order valence-corrected chi connectivity index (χ2v) is 6.83. The van der Waals surface area contributed by atoms with Gasteiger partial charge in [-0.05, 0) is 64.7 Å². The second-order valence-electron chi connectivity index (χ2n) is 5.97. The molecule has 1 N–H and O–H groups in total. The highest BCUT2D eigenvalue weighted by atomic mass is 79.9. The molecular weight excluding hydrogens is 401 g/mol. The molecule has 0 aliphatic heterocycles. The van der Waals surface area contributed by atoms with Gasteiger partial charge in [0.25, 0.3) is 0 Å². The minimum Gasteiger partial charge on any atom is -0.493 e. The van der Waals surface area contributed by atoms with Crippen LogP contribution in [0.2, 0.25) is 0 Å².